The molecule has 44 heavy (non-hydrogen) atoms. The first kappa shape index (κ1) is 31.3. The van der Waals surface area contributed by atoms with E-state index < -0.39 is 48.2 Å². The Labute approximate surface area is 250 Å². The number of pyridine rings is 1. The zero-order valence-corrected chi connectivity index (χ0v) is 24.1. The average Bonchev–Trinajstić information content (AvgIpc) is 3.32. The summed E-state index contributed by atoms with van der Waals surface area (Å²) < 4.78 is 71.5. The summed E-state index contributed by atoms with van der Waals surface area (Å²) in [6.07, 6.45) is -3.02. The molecule has 2 heterocycles. The predicted octanol–water partition coefficient (Wildman–Crippen LogP) is 6.04. The van der Waals surface area contributed by atoms with Gasteiger partial charge in [0.25, 0.3) is 0 Å². The number of carbonyl (C=O) groups excluding carboxylic acids is 1. The molecular formula is C32H32F5N5O2. The largest absolute Gasteiger partial charge is 0.435 e. The van der Waals surface area contributed by atoms with Crippen LogP contribution in [0.15, 0.2) is 54.7 Å². The molecule has 1 aliphatic rings. The number of aromatic nitrogens is 3. The van der Waals surface area contributed by atoms with E-state index in [1.807, 2.05) is 0 Å². The second-order valence-electron chi connectivity index (χ2n) is 11.2. The summed E-state index contributed by atoms with van der Waals surface area (Å²) in [5.41, 5.74) is 7.43. The Morgan fingerprint density at radius 2 is 1.95 bits per heavy atom. The van der Waals surface area contributed by atoms with Crippen LogP contribution in [0, 0.1) is 18.6 Å². The van der Waals surface area contributed by atoms with Crippen LogP contribution in [-0.2, 0) is 30.4 Å². The van der Waals surface area contributed by atoms with E-state index in [-0.39, 0.29) is 23.5 Å². The molecule has 2 aromatic heterocycles. The van der Waals surface area contributed by atoms with E-state index in [9.17, 15) is 31.9 Å². The lowest BCUT2D eigenvalue weighted by Gasteiger charge is -2.23. The van der Waals surface area contributed by atoms with E-state index in [2.05, 4.69) is 15.4 Å². The Balaban J connectivity index is 1.53. The fourth-order valence-electron chi connectivity index (χ4n) is 5.99. The van der Waals surface area contributed by atoms with Crippen molar-refractivity contribution in [2.45, 2.75) is 70.4 Å². The number of aliphatic hydroxyl groups is 1. The molecule has 1 amide bonds. The lowest BCUT2D eigenvalue weighted by atomic mass is 9.86. The van der Waals surface area contributed by atoms with E-state index in [0.29, 0.717) is 52.9 Å². The van der Waals surface area contributed by atoms with E-state index in [1.54, 1.807) is 32.0 Å². The first-order valence-corrected chi connectivity index (χ1v) is 14.2. The highest BCUT2D eigenvalue weighted by Gasteiger charge is 2.41. The van der Waals surface area contributed by atoms with Gasteiger partial charge in [-0.15, -0.1) is 0 Å². The molecule has 0 saturated carbocycles. The normalized spacial score (nSPS) is 16.3. The van der Waals surface area contributed by atoms with Gasteiger partial charge in [0.15, 0.2) is 5.69 Å². The van der Waals surface area contributed by atoms with Crippen molar-refractivity contribution >= 4 is 5.91 Å². The van der Waals surface area contributed by atoms with Crippen molar-refractivity contribution in [3.05, 3.63) is 106 Å². The van der Waals surface area contributed by atoms with Gasteiger partial charge in [0.05, 0.1) is 11.7 Å². The molecule has 0 spiro atoms. The van der Waals surface area contributed by atoms with Gasteiger partial charge in [-0.25, -0.2) is 8.78 Å². The molecule has 3 atom stereocenters. The number of nitrogens with zero attached hydrogens (tertiary/aromatic N) is 3. The maximum absolute atomic E-state index is 14.3. The maximum Gasteiger partial charge on any atom is 0.435 e. The number of aliphatic hydroxyl groups excluding tert-OH is 1. The zero-order chi connectivity index (χ0) is 31.8. The van der Waals surface area contributed by atoms with Gasteiger partial charge < -0.3 is 16.2 Å². The van der Waals surface area contributed by atoms with Crippen LogP contribution >= 0.6 is 0 Å². The first-order chi connectivity index (χ1) is 20.8. The van der Waals surface area contributed by atoms with Gasteiger partial charge in [0, 0.05) is 28.6 Å². The highest BCUT2D eigenvalue weighted by Crippen LogP contribution is 2.41. The topological polar surface area (TPSA) is 106 Å². The fraction of sp³-hybridized carbons (Fsp3) is 0.344. The number of hydrogen-bond acceptors (Lipinski definition) is 5. The van der Waals surface area contributed by atoms with Gasteiger partial charge in [0.1, 0.15) is 24.4 Å². The second kappa shape index (κ2) is 12.4. The third kappa shape index (κ3) is 6.66. The van der Waals surface area contributed by atoms with Gasteiger partial charge >= 0.3 is 6.18 Å². The van der Waals surface area contributed by atoms with Crippen LogP contribution in [0.2, 0.25) is 0 Å². The Morgan fingerprint density at radius 3 is 2.66 bits per heavy atom. The van der Waals surface area contributed by atoms with Gasteiger partial charge in [-0.3, -0.25) is 14.5 Å². The number of aryl methyl sites for hydroxylation is 1. The number of nitrogens with two attached hydrogens (primary N) is 1. The molecule has 0 fully saturated rings. The lowest BCUT2D eigenvalue weighted by molar-refractivity contribution is -0.142. The van der Waals surface area contributed by atoms with Crippen molar-refractivity contribution in [3.8, 4) is 11.1 Å². The van der Waals surface area contributed by atoms with Crippen molar-refractivity contribution in [2.24, 2.45) is 5.73 Å². The number of amides is 1. The molecule has 0 radical (unpaired) electrons. The quantitative estimate of drug-likeness (QED) is 0.166. The SMILES string of the molecule is Cc1cc(F)cc(CC(NC(=O)Cn2nc(C(F)(F)F)c3c2CCCC3C)c2ncccc2-c2ccc(F)c(C(N)O)c2)c1. The van der Waals surface area contributed by atoms with Crippen molar-refractivity contribution in [3.63, 3.8) is 0 Å². The van der Waals surface area contributed by atoms with Crippen molar-refractivity contribution in [2.75, 3.05) is 0 Å². The van der Waals surface area contributed by atoms with Gasteiger partial charge in [0.2, 0.25) is 5.91 Å². The van der Waals surface area contributed by atoms with E-state index in [4.69, 9.17) is 5.73 Å². The number of rotatable bonds is 8. The summed E-state index contributed by atoms with van der Waals surface area (Å²) in [5, 5.41) is 16.6. The van der Waals surface area contributed by atoms with Gasteiger partial charge in [-0.1, -0.05) is 25.1 Å². The minimum atomic E-state index is -4.66. The van der Waals surface area contributed by atoms with E-state index in [1.165, 1.54) is 30.5 Å². The number of benzene rings is 2. The van der Waals surface area contributed by atoms with Crippen LogP contribution in [0.4, 0.5) is 22.0 Å². The zero-order valence-electron chi connectivity index (χ0n) is 24.1. The molecule has 5 rings (SSSR count). The standard InChI is InChI=1S/C32H32F5N5O2/c1-17-11-19(13-21(33)12-17)14-25(29-22(6-4-10-39-29)20-8-9-24(34)23(15-20)31(38)44)40-27(43)16-42-26-7-3-5-18(2)28(26)30(41-42)32(35,36)37/h4,6,8-13,15,18,25,31,44H,3,5,7,14,16,38H2,1-2H3,(H,40,43). The minimum absolute atomic E-state index is 0.0873. The third-order valence-electron chi connectivity index (χ3n) is 7.87. The number of carbonyl (C=O) groups is 1. The Hall–Kier alpha value is -4.16. The fourth-order valence-corrected chi connectivity index (χ4v) is 5.99. The van der Waals surface area contributed by atoms with Crippen molar-refractivity contribution in [1.29, 1.82) is 0 Å². The molecular weight excluding hydrogens is 581 g/mol. The molecule has 0 aliphatic heterocycles. The van der Waals surface area contributed by atoms with E-state index >= 15 is 0 Å². The highest BCUT2D eigenvalue weighted by molar-refractivity contribution is 5.77. The molecule has 232 valence electrons. The summed E-state index contributed by atoms with van der Waals surface area (Å²) in [5.74, 6) is -2.14. The second-order valence-corrected chi connectivity index (χ2v) is 11.2. The monoisotopic (exact) mass is 613 g/mol. The van der Waals surface area contributed by atoms with Crippen LogP contribution in [0.1, 0.15) is 77.3 Å². The van der Waals surface area contributed by atoms with Gasteiger partial charge in [-0.05, 0) is 85.5 Å². The Kier molecular flexibility index (Phi) is 8.85. The minimum Gasteiger partial charge on any atom is -0.374 e. The molecule has 0 saturated heterocycles. The highest BCUT2D eigenvalue weighted by atomic mass is 19.4. The smallest absolute Gasteiger partial charge is 0.374 e. The van der Waals surface area contributed by atoms with E-state index in [0.717, 1.165) is 10.7 Å². The summed E-state index contributed by atoms with van der Waals surface area (Å²) in [4.78, 5) is 18.0. The summed E-state index contributed by atoms with van der Waals surface area (Å²) in [6, 6.07) is 10.9. The maximum atomic E-state index is 14.3. The Bertz CT molecular complexity index is 1660. The molecule has 1 aliphatic carbocycles. The van der Waals surface area contributed by atoms with Crippen LogP contribution in [-0.4, -0.2) is 25.8 Å². The van der Waals surface area contributed by atoms with Gasteiger partial charge in [-0.2, -0.15) is 18.3 Å². The summed E-state index contributed by atoms with van der Waals surface area (Å²) >= 11 is 0. The number of fused-ring (bicyclic) bond motifs is 1. The van der Waals surface area contributed by atoms with Crippen LogP contribution < -0.4 is 11.1 Å². The molecule has 3 unspecified atom stereocenters. The number of halogens is 5. The summed E-state index contributed by atoms with van der Waals surface area (Å²) in [6.45, 7) is 2.99. The lowest BCUT2D eigenvalue weighted by Crippen LogP contribution is -2.34. The molecule has 4 N–H and O–H groups in total. The van der Waals surface area contributed by atoms with Crippen LogP contribution in [0.5, 0.6) is 0 Å². The summed E-state index contributed by atoms with van der Waals surface area (Å²) in [7, 11) is 0. The number of hydrogen-bond donors (Lipinski definition) is 3. The first-order valence-electron chi connectivity index (χ1n) is 14.2. The Morgan fingerprint density at radius 1 is 1.18 bits per heavy atom. The molecule has 7 nitrogen and oxygen atoms in total. The molecule has 12 heteroatoms. The molecule has 0 bridgehead atoms. The van der Waals surface area contributed by atoms with Crippen LogP contribution in [0.25, 0.3) is 11.1 Å². The third-order valence-corrected chi connectivity index (χ3v) is 7.87. The van der Waals surface area contributed by atoms with Crippen molar-refractivity contribution in [1.82, 2.24) is 20.1 Å². The van der Waals surface area contributed by atoms with Crippen LogP contribution in [0.3, 0.4) is 0 Å². The predicted molar refractivity (Wildman–Crippen MR) is 153 cm³/mol. The average molecular weight is 614 g/mol. The molecule has 2 aromatic carbocycles. The van der Waals surface area contributed by atoms with Crippen molar-refractivity contribution < 1.29 is 31.9 Å². The molecule has 4 aromatic rings. The number of nitrogens with one attached hydrogen (secondary N) is 1. The number of alkyl halides is 3.